The molecule has 0 radical (unpaired) electrons. The molecule has 2 amide bonds. The Morgan fingerprint density at radius 3 is 2.43 bits per heavy atom. The molecule has 30 heavy (non-hydrogen) atoms. The van der Waals surface area contributed by atoms with E-state index >= 15 is 0 Å². The van der Waals surface area contributed by atoms with Gasteiger partial charge in [0.2, 0.25) is 5.91 Å². The number of esters is 1. The maximum atomic E-state index is 12.4. The Morgan fingerprint density at radius 1 is 1.13 bits per heavy atom. The predicted octanol–water partition coefficient (Wildman–Crippen LogP) is 2.84. The summed E-state index contributed by atoms with van der Waals surface area (Å²) < 4.78 is 5.17. The van der Waals surface area contributed by atoms with E-state index in [1.165, 1.54) is 0 Å². The molecule has 2 aromatic rings. The van der Waals surface area contributed by atoms with E-state index in [1.54, 1.807) is 17.0 Å². The Hall–Kier alpha value is -3.35. The molecule has 1 heterocycles. The minimum absolute atomic E-state index is 0.0845. The van der Waals surface area contributed by atoms with E-state index in [1.807, 2.05) is 68.4 Å². The van der Waals surface area contributed by atoms with Crippen LogP contribution in [0.1, 0.15) is 24.9 Å². The molecule has 7 nitrogen and oxygen atoms in total. The van der Waals surface area contributed by atoms with Gasteiger partial charge in [0.1, 0.15) is 0 Å². The molecule has 0 unspecified atom stereocenters. The zero-order valence-electron chi connectivity index (χ0n) is 17.5. The highest BCUT2D eigenvalue weighted by Crippen LogP contribution is 2.29. The van der Waals surface area contributed by atoms with Gasteiger partial charge >= 0.3 is 5.97 Å². The SMILES string of the molecule is C[C@@H](c1ccccc1)N1C[C@H](C(=O)OCC(=O)Nc2ccc(N(C)C)cc2)CC1=O. The molecule has 1 aliphatic rings. The third-order valence-corrected chi connectivity index (χ3v) is 5.25. The maximum Gasteiger partial charge on any atom is 0.311 e. The van der Waals surface area contributed by atoms with E-state index in [0.717, 1.165) is 11.3 Å². The van der Waals surface area contributed by atoms with Gasteiger partial charge in [-0.25, -0.2) is 0 Å². The lowest BCUT2D eigenvalue weighted by molar-refractivity contribution is -0.151. The molecule has 0 aromatic heterocycles. The third-order valence-electron chi connectivity index (χ3n) is 5.25. The fraction of sp³-hybridized carbons (Fsp3) is 0.348. The fourth-order valence-corrected chi connectivity index (χ4v) is 3.47. The lowest BCUT2D eigenvalue weighted by Gasteiger charge is -2.25. The molecular formula is C23H27N3O4. The van der Waals surface area contributed by atoms with Crippen molar-refractivity contribution in [3.8, 4) is 0 Å². The maximum absolute atomic E-state index is 12.4. The van der Waals surface area contributed by atoms with Crippen molar-refractivity contribution in [3.05, 3.63) is 60.2 Å². The first-order valence-electron chi connectivity index (χ1n) is 9.93. The number of carbonyl (C=O) groups excluding carboxylic acids is 3. The second kappa shape index (κ2) is 9.43. The van der Waals surface area contributed by atoms with Crippen LogP contribution in [0.2, 0.25) is 0 Å². The normalized spacial score (nSPS) is 16.8. The van der Waals surface area contributed by atoms with Crippen molar-refractivity contribution in [2.75, 3.05) is 37.5 Å². The molecule has 1 fully saturated rings. The van der Waals surface area contributed by atoms with Crippen molar-refractivity contribution >= 4 is 29.2 Å². The average Bonchev–Trinajstić information content (AvgIpc) is 3.14. The van der Waals surface area contributed by atoms with Crippen LogP contribution in [-0.4, -0.2) is 49.9 Å². The van der Waals surface area contributed by atoms with Gasteiger partial charge in [-0.15, -0.1) is 0 Å². The van der Waals surface area contributed by atoms with E-state index in [-0.39, 0.29) is 25.0 Å². The van der Waals surface area contributed by atoms with Crippen LogP contribution in [0.5, 0.6) is 0 Å². The molecular weight excluding hydrogens is 382 g/mol. The summed E-state index contributed by atoms with van der Waals surface area (Å²) in [5, 5.41) is 2.70. The number of ether oxygens (including phenoxy) is 1. The Kier molecular flexibility index (Phi) is 6.72. The molecule has 1 saturated heterocycles. The zero-order chi connectivity index (χ0) is 21.7. The van der Waals surface area contributed by atoms with Crippen LogP contribution >= 0.6 is 0 Å². The Morgan fingerprint density at radius 2 is 1.80 bits per heavy atom. The highest BCUT2D eigenvalue weighted by Gasteiger charge is 2.38. The molecule has 0 saturated carbocycles. The number of likely N-dealkylation sites (tertiary alicyclic amines) is 1. The number of anilines is 2. The monoisotopic (exact) mass is 409 g/mol. The first kappa shape index (κ1) is 21.4. The van der Waals surface area contributed by atoms with Crippen LogP contribution in [0, 0.1) is 5.92 Å². The van der Waals surface area contributed by atoms with Crippen LogP contribution in [0.25, 0.3) is 0 Å². The van der Waals surface area contributed by atoms with E-state index in [4.69, 9.17) is 4.74 Å². The summed E-state index contributed by atoms with van der Waals surface area (Å²) in [7, 11) is 3.87. The third kappa shape index (κ3) is 5.17. The van der Waals surface area contributed by atoms with Gasteiger partial charge in [0.05, 0.1) is 12.0 Å². The van der Waals surface area contributed by atoms with Crippen molar-refractivity contribution in [3.63, 3.8) is 0 Å². The standard InChI is InChI=1S/C23H27N3O4/c1-16(17-7-5-4-6-8-17)26-14-18(13-22(26)28)23(29)30-15-21(27)24-19-9-11-20(12-10-19)25(2)3/h4-12,16,18H,13-15H2,1-3H3,(H,24,27)/t16-,18+/m0/s1. The molecule has 1 N–H and O–H groups in total. The first-order chi connectivity index (χ1) is 14.3. The van der Waals surface area contributed by atoms with Gasteiger partial charge in [-0.05, 0) is 36.8 Å². The van der Waals surface area contributed by atoms with Gasteiger partial charge in [0.25, 0.3) is 5.91 Å². The summed E-state index contributed by atoms with van der Waals surface area (Å²) in [6, 6.07) is 16.9. The lowest BCUT2D eigenvalue weighted by Crippen LogP contribution is -2.30. The number of carbonyl (C=O) groups is 3. The highest BCUT2D eigenvalue weighted by atomic mass is 16.5. The van der Waals surface area contributed by atoms with Gasteiger partial charge < -0.3 is 19.9 Å². The second-order valence-corrected chi connectivity index (χ2v) is 7.63. The summed E-state index contributed by atoms with van der Waals surface area (Å²) in [5.74, 6) is -1.58. The van der Waals surface area contributed by atoms with Crippen molar-refractivity contribution in [1.29, 1.82) is 0 Å². The highest BCUT2D eigenvalue weighted by molar-refractivity contribution is 5.94. The van der Waals surface area contributed by atoms with Gasteiger partial charge in [-0.1, -0.05) is 30.3 Å². The Labute approximate surface area is 176 Å². The number of amides is 2. The number of nitrogens with zero attached hydrogens (tertiary/aromatic N) is 2. The van der Waals surface area contributed by atoms with Crippen molar-refractivity contribution in [2.45, 2.75) is 19.4 Å². The van der Waals surface area contributed by atoms with Gasteiger partial charge in [0.15, 0.2) is 6.61 Å². The van der Waals surface area contributed by atoms with Crippen molar-refractivity contribution < 1.29 is 19.1 Å². The zero-order valence-corrected chi connectivity index (χ0v) is 17.5. The smallest absolute Gasteiger partial charge is 0.311 e. The van der Waals surface area contributed by atoms with Crippen LogP contribution in [0.15, 0.2) is 54.6 Å². The van der Waals surface area contributed by atoms with Crippen LogP contribution < -0.4 is 10.2 Å². The molecule has 3 rings (SSSR count). The average molecular weight is 409 g/mol. The van der Waals surface area contributed by atoms with Crippen molar-refractivity contribution in [1.82, 2.24) is 4.90 Å². The number of rotatable bonds is 7. The number of hydrogen-bond donors (Lipinski definition) is 1. The molecule has 0 aliphatic carbocycles. The number of nitrogens with one attached hydrogen (secondary N) is 1. The molecule has 2 atom stereocenters. The number of hydrogen-bond acceptors (Lipinski definition) is 5. The summed E-state index contributed by atoms with van der Waals surface area (Å²) in [4.78, 5) is 40.5. The summed E-state index contributed by atoms with van der Waals surface area (Å²) in [6.45, 7) is 1.85. The van der Waals surface area contributed by atoms with Crippen LogP contribution in [0.3, 0.4) is 0 Å². The summed E-state index contributed by atoms with van der Waals surface area (Å²) >= 11 is 0. The first-order valence-corrected chi connectivity index (χ1v) is 9.93. The predicted molar refractivity (Wildman–Crippen MR) is 115 cm³/mol. The Bertz CT molecular complexity index is 896. The van der Waals surface area contributed by atoms with Crippen LogP contribution in [0.4, 0.5) is 11.4 Å². The molecule has 1 aliphatic heterocycles. The van der Waals surface area contributed by atoms with Gasteiger partial charge in [-0.2, -0.15) is 0 Å². The van der Waals surface area contributed by atoms with Crippen LogP contribution in [-0.2, 0) is 19.1 Å². The summed E-state index contributed by atoms with van der Waals surface area (Å²) in [6.07, 6.45) is 0.101. The summed E-state index contributed by atoms with van der Waals surface area (Å²) in [5.41, 5.74) is 2.65. The number of benzene rings is 2. The molecule has 0 spiro atoms. The van der Waals surface area contributed by atoms with E-state index in [9.17, 15) is 14.4 Å². The molecule has 0 bridgehead atoms. The fourth-order valence-electron chi connectivity index (χ4n) is 3.47. The van der Waals surface area contributed by atoms with E-state index in [2.05, 4.69) is 5.32 Å². The second-order valence-electron chi connectivity index (χ2n) is 7.63. The van der Waals surface area contributed by atoms with Gasteiger partial charge in [-0.3, -0.25) is 14.4 Å². The molecule has 7 heteroatoms. The van der Waals surface area contributed by atoms with Crippen molar-refractivity contribution in [2.24, 2.45) is 5.92 Å². The molecule has 158 valence electrons. The van der Waals surface area contributed by atoms with Gasteiger partial charge in [0, 0.05) is 38.4 Å². The quantitative estimate of drug-likeness (QED) is 0.712. The Balaban J connectivity index is 1.49. The molecule has 2 aromatic carbocycles. The van der Waals surface area contributed by atoms with E-state index < -0.39 is 17.8 Å². The minimum atomic E-state index is -0.559. The topological polar surface area (TPSA) is 79.0 Å². The van der Waals surface area contributed by atoms with E-state index in [0.29, 0.717) is 12.2 Å². The minimum Gasteiger partial charge on any atom is -0.455 e. The largest absolute Gasteiger partial charge is 0.455 e. The lowest BCUT2D eigenvalue weighted by atomic mass is 10.1.